The Morgan fingerprint density at radius 3 is 3.00 bits per heavy atom. The normalized spacial score (nSPS) is 19.4. The Labute approximate surface area is 117 Å². The number of ketones is 1. The second kappa shape index (κ2) is 7.01. The summed E-state index contributed by atoms with van der Waals surface area (Å²) in [6, 6.07) is 4.31. The van der Waals surface area contributed by atoms with Crippen molar-refractivity contribution >= 4 is 17.4 Å². The lowest BCUT2D eigenvalue weighted by atomic mass is 10.00. The fourth-order valence-electron chi connectivity index (χ4n) is 2.34. The first kappa shape index (κ1) is 14.5. The molecule has 0 amide bonds. The first-order valence-corrected chi connectivity index (χ1v) is 7.10. The van der Waals surface area contributed by atoms with Crippen LogP contribution < -0.4 is 0 Å². The summed E-state index contributed by atoms with van der Waals surface area (Å²) >= 11 is 5.80. The molecule has 0 spiro atoms. The van der Waals surface area contributed by atoms with E-state index in [1.807, 2.05) is 0 Å². The maximum absolute atomic E-state index is 13.5. The van der Waals surface area contributed by atoms with Crippen molar-refractivity contribution in [3.63, 3.8) is 0 Å². The highest BCUT2D eigenvalue weighted by Gasteiger charge is 2.16. The average molecular weight is 285 g/mol. The van der Waals surface area contributed by atoms with Crippen LogP contribution in [0.15, 0.2) is 18.2 Å². The predicted octanol–water partition coefficient (Wildman–Crippen LogP) is 3.94. The molecule has 4 heteroatoms. The van der Waals surface area contributed by atoms with E-state index in [1.54, 1.807) is 0 Å². The first-order valence-electron chi connectivity index (χ1n) is 6.72. The molecule has 0 bridgehead atoms. The third-order valence-corrected chi connectivity index (χ3v) is 3.65. The highest BCUT2D eigenvalue weighted by molar-refractivity contribution is 6.30. The molecule has 2 nitrogen and oxygen atoms in total. The van der Waals surface area contributed by atoms with E-state index in [1.165, 1.54) is 24.6 Å². The molecule has 1 saturated heterocycles. The van der Waals surface area contributed by atoms with Crippen molar-refractivity contribution in [2.75, 3.05) is 6.61 Å². The quantitative estimate of drug-likeness (QED) is 0.819. The van der Waals surface area contributed by atoms with Crippen LogP contribution >= 0.6 is 11.6 Å². The van der Waals surface area contributed by atoms with Crippen molar-refractivity contribution in [2.24, 2.45) is 0 Å². The number of Topliss-reactive ketones (excluding diaryl/α,β-unsaturated/α-hetero) is 1. The van der Waals surface area contributed by atoms with Crippen LogP contribution in [0.2, 0.25) is 5.02 Å². The van der Waals surface area contributed by atoms with E-state index in [0.29, 0.717) is 17.0 Å². The average Bonchev–Trinajstić information content (AvgIpc) is 2.42. The molecule has 2 rings (SSSR count). The number of halogens is 2. The van der Waals surface area contributed by atoms with Gasteiger partial charge in [-0.15, -0.1) is 0 Å². The van der Waals surface area contributed by atoms with Gasteiger partial charge in [0.25, 0.3) is 0 Å². The van der Waals surface area contributed by atoms with Gasteiger partial charge in [-0.1, -0.05) is 11.6 Å². The van der Waals surface area contributed by atoms with E-state index in [0.717, 1.165) is 25.9 Å². The zero-order valence-electron chi connectivity index (χ0n) is 10.8. The van der Waals surface area contributed by atoms with Gasteiger partial charge < -0.3 is 4.74 Å². The third kappa shape index (κ3) is 4.59. The number of carbonyl (C=O) groups is 1. The Morgan fingerprint density at radius 1 is 1.42 bits per heavy atom. The van der Waals surface area contributed by atoms with Crippen LogP contribution in [0.3, 0.4) is 0 Å². The molecule has 0 N–H and O–H groups in total. The van der Waals surface area contributed by atoms with Crippen LogP contribution in [0.5, 0.6) is 0 Å². The number of hydrogen-bond donors (Lipinski definition) is 0. The Bertz CT molecular complexity index is 442. The summed E-state index contributed by atoms with van der Waals surface area (Å²) in [6.45, 7) is 0.793. The van der Waals surface area contributed by atoms with Crippen LogP contribution in [-0.4, -0.2) is 18.5 Å². The minimum Gasteiger partial charge on any atom is -0.378 e. The van der Waals surface area contributed by atoms with Gasteiger partial charge in [-0.25, -0.2) is 4.39 Å². The van der Waals surface area contributed by atoms with Crippen LogP contribution in [0.4, 0.5) is 4.39 Å². The smallest absolute Gasteiger partial charge is 0.137 e. The van der Waals surface area contributed by atoms with E-state index >= 15 is 0 Å². The molecule has 19 heavy (non-hydrogen) atoms. The Hall–Kier alpha value is -0.930. The van der Waals surface area contributed by atoms with Gasteiger partial charge in [-0.2, -0.15) is 0 Å². The Kier molecular flexibility index (Phi) is 5.34. The van der Waals surface area contributed by atoms with Gasteiger partial charge in [0, 0.05) is 24.5 Å². The van der Waals surface area contributed by atoms with E-state index in [2.05, 4.69) is 0 Å². The molecule has 1 aliphatic rings. The minimum atomic E-state index is -0.369. The Balaban J connectivity index is 1.81. The number of carbonyl (C=O) groups excluding carboxylic acids is 1. The zero-order valence-corrected chi connectivity index (χ0v) is 11.6. The van der Waals surface area contributed by atoms with Gasteiger partial charge in [-0.3, -0.25) is 4.79 Å². The monoisotopic (exact) mass is 284 g/mol. The van der Waals surface area contributed by atoms with Gasteiger partial charge in [-0.05, 0) is 49.4 Å². The molecular weight excluding hydrogens is 267 g/mol. The molecule has 0 radical (unpaired) electrons. The minimum absolute atomic E-state index is 0.0374. The second-order valence-electron chi connectivity index (χ2n) is 4.98. The summed E-state index contributed by atoms with van der Waals surface area (Å²) in [7, 11) is 0. The van der Waals surface area contributed by atoms with Gasteiger partial charge in [0.15, 0.2) is 0 Å². The van der Waals surface area contributed by atoms with E-state index in [9.17, 15) is 9.18 Å². The summed E-state index contributed by atoms with van der Waals surface area (Å²) in [6.07, 6.45) is 4.79. The Morgan fingerprint density at radius 2 is 2.26 bits per heavy atom. The highest BCUT2D eigenvalue weighted by Crippen LogP contribution is 2.19. The molecule has 0 aliphatic carbocycles. The number of rotatable bonds is 5. The number of benzene rings is 1. The molecular formula is C15H18ClFO2. The molecule has 1 atom stereocenters. The second-order valence-corrected chi connectivity index (χ2v) is 5.41. The van der Waals surface area contributed by atoms with Crippen molar-refractivity contribution in [1.29, 1.82) is 0 Å². The van der Waals surface area contributed by atoms with Gasteiger partial charge in [0.1, 0.15) is 11.6 Å². The molecule has 104 valence electrons. The summed E-state index contributed by atoms with van der Waals surface area (Å²) in [5, 5.41) is 0.458. The van der Waals surface area contributed by atoms with Crippen molar-refractivity contribution in [1.82, 2.24) is 0 Å². The summed E-state index contributed by atoms with van der Waals surface area (Å²) in [5.74, 6) is -0.331. The molecule has 0 saturated carbocycles. The van der Waals surface area contributed by atoms with Crippen LogP contribution in [0, 0.1) is 5.82 Å². The molecule has 1 unspecified atom stereocenters. The van der Waals surface area contributed by atoms with E-state index in [4.69, 9.17) is 16.3 Å². The maximum atomic E-state index is 13.5. The topological polar surface area (TPSA) is 26.3 Å². The standard InChI is InChI=1S/C15H18ClFO2/c16-12-4-7-15(17)11(9-12)10-13(18)5-6-14-3-1-2-8-19-14/h4,7,9,14H,1-3,5-6,8,10H2. The molecule has 1 aromatic carbocycles. The van der Waals surface area contributed by atoms with E-state index in [-0.39, 0.29) is 24.1 Å². The van der Waals surface area contributed by atoms with Crippen molar-refractivity contribution in [3.8, 4) is 0 Å². The largest absolute Gasteiger partial charge is 0.378 e. The maximum Gasteiger partial charge on any atom is 0.137 e. The first-order chi connectivity index (χ1) is 9.15. The fourth-order valence-corrected chi connectivity index (χ4v) is 2.53. The summed E-state index contributed by atoms with van der Waals surface area (Å²) < 4.78 is 19.1. The van der Waals surface area contributed by atoms with Crippen molar-refractivity contribution in [3.05, 3.63) is 34.6 Å². The SMILES string of the molecule is O=C(CCC1CCCCO1)Cc1cc(Cl)ccc1F. The lowest BCUT2D eigenvalue weighted by Crippen LogP contribution is -2.20. The predicted molar refractivity (Wildman–Crippen MR) is 72.9 cm³/mol. The lowest BCUT2D eigenvalue weighted by molar-refractivity contribution is -0.119. The number of hydrogen-bond acceptors (Lipinski definition) is 2. The van der Waals surface area contributed by atoms with Crippen LogP contribution in [-0.2, 0) is 16.0 Å². The molecule has 1 fully saturated rings. The summed E-state index contributed by atoms with van der Waals surface area (Å²) in [4.78, 5) is 11.9. The van der Waals surface area contributed by atoms with Crippen molar-refractivity contribution < 1.29 is 13.9 Å². The highest BCUT2D eigenvalue weighted by atomic mass is 35.5. The van der Waals surface area contributed by atoms with Crippen LogP contribution in [0.1, 0.15) is 37.7 Å². The van der Waals surface area contributed by atoms with Crippen LogP contribution in [0.25, 0.3) is 0 Å². The number of ether oxygens (including phenoxy) is 1. The third-order valence-electron chi connectivity index (χ3n) is 3.41. The lowest BCUT2D eigenvalue weighted by Gasteiger charge is -2.22. The van der Waals surface area contributed by atoms with Gasteiger partial charge in [0.05, 0.1) is 6.10 Å². The molecule has 1 aromatic rings. The van der Waals surface area contributed by atoms with E-state index < -0.39 is 0 Å². The summed E-state index contributed by atoms with van der Waals surface area (Å²) in [5.41, 5.74) is 0.377. The van der Waals surface area contributed by atoms with Gasteiger partial charge >= 0.3 is 0 Å². The molecule has 1 aliphatic heterocycles. The zero-order chi connectivity index (χ0) is 13.7. The molecule has 0 aromatic heterocycles. The van der Waals surface area contributed by atoms with Gasteiger partial charge in [0.2, 0.25) is 0 Å². The van der Waals surface area contributed by atoms with Crippen molar-refractivity contribution in [2.45, 2.75) is 44.6 Å². The fraction of sp³-hybridized carbons (Fsp3) is 0.533. The molecule has 1 heterocycles.